The van der Waals surface area contributed by atoms with Gasteiger partial charge in [0, 0.05) is 42.9 Å². The number of aryl methyl sites for hydroxylation is 1. The molecule has 0 aliphatic carbocycles. The molecule has 0 radical (unpaired) electrons. The first-order chi connectivity index (χ1) is 12.3. The summed E-state index contributed by atoms with van der Waals surface area (Å²) in [6, 6.07) is 16.0. The van der Waals surface area contributed by atoms with E-state index in [0.29, 0.717) is 19.0 Å². The maximum atomic E-state index is 5.88. The highest BCUT2D eigenvalue weighted by Crippen LogP contribution is 2.20. The van der Waals surface area contributed by atoms with Crippen molar-refractivity contribution < 1.29 is 4.74 Å². The number of rotatable bonds is 7. The Morgan fingerprint density at radius 2 is 1.80 bits per heavy atom. The summed E-state index contributed by atoms with van der Waals surface area (Å²) in [5.74, 6) is 1.48. The fourth-order valence-corrected chi connectivity index (χ4v) is 2.63. The summed E-state index contributed by atoms with van der Waals surface area (Å²) in [5, 5.41) is 3.39. The number of anilines is 1. The van der Waals surface area contributed by atoms with Crippen LogP contribution >= 0.6 is 0 Å². The van der Waals surface area contributed by atoms with Gasteiger partial charge in [-0.05, 0) is 31.5 Å². The second-order valence-electron chi connectivity index (χ2n) is 5.69. The summed E-state index contributed by atoms with van der Waals surface area (Å²) in [5.41, 5.74) is 3.01. The first-order valence-electron chi connectivity index (χ1n) is 8.42. The zero-order valence-corrected chi connectivity index (χ0v) is 14.5. The quantitative estimate of drug-likeness (QED) is 0.707. The van der Waals surface area contributed by atoms with Crippen molar-refractivity contribution in [2.75, 3.05) is 18.5 Å². The van der Waals surface area contributed by atoms with E-state index in [0.717, 1.165) is 22.6 Å². The maximum Gasteiger partial charge on any atom is 0.161 e. The third kappa shape index (κ3) is 4.61. The lowest BCUT2D eigenvalue weighted by Crippen LogP contribution is -2.17. The second kappa shape index (κ2) is 8.35. The van der Waals surface area contributed by atoms with E-state index in [4.69, 9.17) is 4.74 Å². The standard InChI is InChI=1S/C20H22N4O/c1-3-25-18(16-7-5-4-6-8-16)14-22-19-13-15(2)23-20(24-19)17-9-11-21-12-10-17/h4-13,18H,3,14H2,1-2H3,(H,22,23,24). The third-order valence-electron chi connectivity index (χ3n) is 3.80. The van der Waals surface area contributed by atoms with Crippen LogP contribution in [0.4, 0.5) is 5.82 Å². The van der Waals surface area contributed by atoms with E-state index < -0.39 is 0 Å². The Hall–Kier alpha value is -2.79. The molecule has 0 aliphatic heterocycles. The van der Waals surface area contributed by atoms with Gasteiger partial charge in [0.15, 0.2) is 5.82 Å². The van der Waals surface area contributed by atoms with Crippen molar-refractivity contribution in [3.8, 4) is 11.4 Å². The van der Waals surface area contributed by atoms with Crippen LogP contribution in [0.5, 0.6) is 0 Å². The molecule has 0 fully saturated rings. The molecule has 2 aromatic heterocycles. The summed E-state index contributed by atoms with van der Waals surface area (Å²) < 4.78 is 5.88. The first-order valence-corrected chi connectivity index (χ1v) is 8.42. The summed E-state index contributed by atoms with van der Waals surface area (Å²) in [6.07, 6.45) is 3.47. The van der Waals surface area contributed by atoms with Crippen LogP contribution in [-0.4, -0.2) is 28.1 Å². The zero-order chi connectivity index (χ0) is 17.5. The number of benzene rings is 1. The van der Waals surface area contributed by atoms with Crippen molar-refractivity contribution in [1.82, 2.24) is 15.0 Å². The van der Waals surface area contributed by atoms with Gasteiger partial charge in [-0.1, -0.05) is 30.3 Å². The molecule has 0 amide bonds. The molecule has 5 heteroatoms. The molecule has 128 valence electrons. The predicted molar refractivity (Wildman–Crippen MR) is 99.3 cm³/mol. The van der Waals surface area contributed by atoms with Gasteiger partial charge in [0.1, 0.15) is 5.82 Å². The van der Waals surface area contributed by atoms with E-state index in [9.17, 15) is 0 Å². The van der Waals surface area contributed by atoms with Gasteiger partial charge in [0.25, 0.3) is 0 Å². The van der Waals surface area contributed by atoms with Crippen LogP contribution in [0.25, 0.3) is 11.4 Å². The number of hydrogen-bond donors (Lipinski definition) is 1. The molecule has 0 bridgehead atoms. The largest absolute Gasteiger partial charge is 0.372 e. The molecule has 1 atom stereocenters. The van der Waals surface area contributed by atoms with Crippen molar-refractivity contribution >= 4 is 5.82 Å². The highest BCUT2D eigenvalue weighted by molar-refractivity contribution is 5.56. The fourth-order valence-electron chi connectivity index (χ4n) is 2.63. The van der Waals surface area contributed by atoms with E-state index in [2.05, 4.69) is 32.4 Å². The molecule has 0 saturated heterocycles. The normalized spacial score (nSPS) is 11.9. The Bertz CT molecular complexity index is 793. The number of ether oxygens (including phenoxy) is 1. The van der Waals surface area contributed by atoms with Crippen LogP contribution in [-0.2, 0) is 4.74 Å². The van der Waals surface area contributed by atoms with Gasteiger partial charge in [0.05, 0.1) is 6.10 Å². The predicted octanol–water partition coefficient (Wildman–Crippen LogP) is 4.04. The summed E-state index contributed by atoms with van der Waals surface area (Å²) >= 11 is 0. The Morgan fingerprint density at radius 3 is 2.52 bits per heavy atom. The molecule has 0 saturated carbocycles. The van der Waals surface area contributed by atoms with Gasteiger partial charge in [-0.15, -0.1) is 0 Å². The zero-order valence-electron chi connectivity index (χ0n) is 14.5. The fraction of sp³-hybridized carbons (Fsp3) is 0.250. The minimum Gasteiger partial charge on any atom is -0.372 e. The number of nitrogens with one attached hydrogen (secondary N) is 1. The molecular weight excluding hydrogens is 312 g/mol. The van der Waals surface area contributed by atoms with E-state index in [1.807, 2.05) is 50.2 Å². The average Bonchev–Trinajstić information content (AvgIpc) is 2.66. The molecule has 1 N–H and O–H groups in total. The van der Waals surface area contributed by atoms with Crippen molar-refractivity contribution in [2.45, 2.75) is 20.0 Å². The summed E-state index contributed by atoms with van der Waals surface area (Å²) in [7, 11) is 0. The molecule has 2 heterocycles. The molecular formula is C20H22N4O. The maximum absolute atomic E-state index is 5.88. The van der Waals surface area contributed by atoms with Gasteiger partial charge in [0.2, 0.25) is 0 Å². The number of hydrogen-bond acceptors (Lipinski definition) is 5. The van der Waals surface area contributed by atoms with Crippen LogP contribution in [0.15, 0.2) is 60.9 Å². The number of nitrogens with zero attached hydrogens (tertiary/aromatic N) is 3. The number of aromatic nitrogens is 3. The third-order valence-corrected chi connectivity index (χ3v) is 3.80. The lowest BCUT2D eigenvalue weighted by molar-refractivity contribution is 0.0718. The SMILES string of the molecule is CCOC(CNc1cc(C)nc(-c2ccncc2)n1)c1ccccc1. The monoisotopic (exact) mass is 334 g/mol. The van der Waals surface area contributed by atoms with Gasteiger partial charge >= 0.3 is 0 Å². The van der Waals surface area contributed by atoms with E-state index in [-0.39, 0.29) is 6.10 Å². The van der Waals surface area contributed by atoms with Crippen molar-refractivity contribution in [2.24, 2.45) is 0 Å². The van der Waals surface area contributed by atoms with E-state index in [1.54, 1.807) is 12.4 Å². The lowest BCUT2D eigenvalue weighted by Gasteiger charge is -2.19. The van der Waals surface area contributed by atoms with Gasteiger partial charge in [-0.3, -0.25) is 4.98 Å². The molecule has 3 aromatic rings. The van der Waals surface area contributed by atoms with Crippen LogP contribution in [0.1, 0.15) is 24.3 Å². The highest BCUT2D eigenvalue weighted by Gasteiger charge is 2.12. The minimum absolute atomic E-state index is 0.0224. The summed E-state index contributed by atoms with van der Waals surface area (Å²) in [6.45, 7) is 5.28. The molecule has 1 aromatic carbocycles. The van der Waals surface area contributed by atoms with Gasteiger partial charge < -0.3 is 10.1 Å². The summed E-state index contributed by atoms with van der Waals surface area (Å²) in [4.78, 5) is 13.2. The highest BCUT2D eigenvalue weighted by atomic mass is 16.5. The van der Waals surface area contributed by atoms with Gasteiger partial charge in [-0.2, -0.15) is 0 Å². The smallest absolute Gasteiger partial charge is 0.161 e. The van der Waals surface area contributed by atoms with E-state index >= 15 is 0 Å². The van der Waals surface area contributed by atoms with Crippen LogP contribution < -0.4 is 5.32 Å². The second-order valence-corrected chi connectivity index (χ2v) is 5.69. The average molecular weight is 334 g/mol. The Kier molecular flexibility index (Phi) is 5.69. The molecule has 1 unspecified atom stereocenters. The first kappa shape index (κ1) is 17.0. The Labute approximate surface area is 148 Å². The molecule has 25 heavy (non-hydrogen) atoms. The molecule has 5 nitrogen and oxygen atoms in total. The minimum atomic E-state index is -0.0224. The van der Waals surface area contributed by atoms with Gasteiger partial charge in [-0.25, -0.2) is 9.97 Å². The topological polar surface area (TPSA) is 59.9 Å². The number of pyridine rings is 1. The molecule has 0 spiro atoms. The van der Waals surface area contributed by atoms with Crippen LogP contribution in [0.3, 0.4) is 0 Å². The van der Waals surface area contributed by atoms with Crippen molar-refractivity contribution in [3.05, 3.63) is 72.2 Å². The van der Waals surface area contributed by atoms with Crippen LogP contribution in [0.2, 0.25) is 0 Å². The lowest BCUT2D eigenvalue weighted by atomic mass is 10.1. The van der Waals surface area contributed by atoms with E-state index in [1.165, 1.54) is 0 Å². The Morgan fingerprint density at radius 1 is 1.04 bits per heavy atom. The Balaban J connectivity index is 1.77. The molecule has 0 aliphatic rings. The van der Waals surface area contributed by atoms with Crippen molar-refractivity contribution in [1.29, 1.82) is 0 Å². The van der Waals surface area contributed by atoms with Crippen LogP contribution in [0, 0.1) is 6.92 Å². The van der Waals surface area contributed by atoms with Crippen molar-refractivity contribution in [3.63, 3.8) is 0 Å². The molecule has 3 rings (SSSR count).